The predicted octanol–water partition coefficient (Wildman–Crippen LogP) is 3.18. The van der Waals surface area contributed by atoms with Crippen molar-refractivity contribution in [2.75, 3.05) is 5.32 Å². The van der Waals surface area contributed by atoms with Crippen LogP contribution in [0.15, 0.2) is 18.2 Å². The molecule has 0 heterocycles. The Balaban J connectivity index is 0.00000289. The van der Waals surface area contributed by atoms with Crippen molar-refractivity contribution in [3.63, 3.8) is 0 Å². The molecule has 4 heteroatoms. The molecule has 0 fully saturated rings. The van der Waals surface area contributed by atoms with E-state index < -0.39 is 5.54 Å². The molecule has 0 aliphatic rings. The summed E-state index contributed by atoms with van der Waals surface area (Å²) in [4.78, 5) is 12.0. The maximum atomic E-state index is 12.0. The molecule has 102 valence electrons. The Kier molecular flexibility index (Phi) is 6.36. The first kappa shape index (κ1) is 16.9. The molecule has 1 unspecified atom stereocenters. The monoisotopic (exact) mass is 270 g/mol. The Hall–Kier alpha value is -1.06. The summed E-state index contributed by atoms with van der Waals surface area (Å²) in [6, 6.07) is 5.98. The van der Waals surface area contributed by atoms with Crippen molar-refractivity contribution in [1.82, 2.24) is 0 Å². The molecule has 0 saturated carbocycles. The average molecular weight is 271 g/mol. The molecule has 0 radical (unpaired) electrons. The van der Waals surface area contributed by atoms with Crippen LogP contribution >= 0.6 is 12.4 Å². The van der Waals surface area contributed by atoms with Crippen LogP contribution in [0.4, 0.5) is 5.69 Å². The average Bonchev–Trinajstić information content (AvgIpc) is 2.15. The Bertz CT molecular complexity index is 396. The number of carbonyl (C=O) groups is 1. The van der Waals surface area contributed by atoms with Gasteiger partial charge in [0.25, 0.3) is 0 Å². The standard InChI is InChI=1S/C14H22N2O.ClH/c1-5-6-14(4,15)13(17)16-12-8-10(2)7-11(3)9-12;/h7-9H,5-6,15H2,1-4H3,(H,16,17);1H. The fourth-order valence-electron chi connectivity index (χ4n) is 1.95. The van der Waals surface area contributed by atoms with Crippen molar-refractivity contribution in [2.24, 2.45) is 5.73 Å². The number of nitrogens with two attached hydrogens (primary N) is 1. The number of benzene rings is 1. The van der Waals surface area contributed by atoms with Gasteiger partial charge in [-0.2, -0.15) is 0 Å². The molecule has 0 bridgehead atoms. The molecule has 0 aromatic heterocycles. The van der Waals surface area contributed by atoms with Crippen molar-refractivity contribution >= 4 is 24.0 Å². The van der Waals surface area contributed by atoms with E-state index in [4.69, 9.17) is 5.73 Å². The summed E-state index contributed by atoms with van der Waals surface area (Å²) in [6.07, 6.45) is 1.58. The van der Waals surface area contributed by atoms with Crippen LogP contribution in [0.2, 0.25) is 0 Å². The van der Waals surface area contributed by atoms with Gasteiger partial charge in [-0.1, -0.05) is 19.4 Å². The molecule has 0 aliphatic heterocycles. The first-order valence-corrected chi connectivity index (χ1v) is 6.04. The third-order valence-electron chi connectivity index (χ3n) is 2.77. The second kappa shape index (κ2) is 6.76. The van der Waals surface area contributed by atoms with Crippen LogP contribution in [-0.2, 0) is 4.79 Å². The zero-order valence-corrected chi connectivity index (χ0v) is 12.4. The largest absolute Gasteiger partial charge is 0.324 e. The van der Waals surface area contributed by atoms with Gasteiger partial charge in [0.2, 0.25) is 5.91 Å². The van der Waals surface area contributed by atoms with Gasteiger partial charge in [-0.15, -0.1) is 12.4 Å². The highest BCUT2D eigenvalue weighted by Gasteiger charge is 2.27. The fourth-order valence-corrected chi connectivity index (χ4v) is 1.95. The molecule has 1 aromatic carbocycles. The van der Waals surface area contributed by atoms with Crippen LogP contribution in [0, 0.1) is 13.8 Å². The molecule has 1 amide bonds. The zero-order chi connectivity index (χ0) is 13.1. The van der Waals surface area contributed by atoms with Gasteiger partial charge >= 0.3 is 0 Å². The Labute approximate surface area is 116 Å². The number of carbonyl (C=O) groups excluding carboxylic acids is 1. The lowest BCUT2D eigenvalue weighted by Crippen LogP contribution is -2.48. The third kappa shape index (κ3) is 4.67. The summed E-state index contributed by atoms with van der Waals surface area (Å²) < 4.78 is 0. The van der Waals surface area contributed by atoms with E-state index >= 15 is 0 Å². The number of amides is 1. The lowest BCUT2D eigenvalue weighted by molar-refractivity contribution is -0.120. The molecule has 1 aromatic rings. The summed E-state index contributed by atoms with van der Waals surface area (Å²) in [5.74, 6) is -0.121. The fraction of sp³-hybridized carbons (Fsp3) is 0.500. The number of halogens is 1. The number of hydrogen-bond donors (Lipinski definition) is 2. The Morgan fingerprint density at radius 1 is 1.28 bits per heavy atom. The van der Waals surface area contributed by atoms with E-state index in [9.17, 15) is 4.79 Å². The van der Waals surface area contributed by atoms with Crippen molar-refractivity contribution in [3.8, 4) is 0 Å². The SMILES string of the molecule is CCCC(C)(N)C(=O)Nc1cc(C)cc(C)c1.Cl. The number of anilines is 1. The number of hydrogen-bond acceptors (Lipinski definition) is 2. The predicted molar refractivity (Wildman–Crippen MR) is 79.3 cm³/mol. The van der Waals surface area contributed by atoms with Gasteiger partial charge < -0.3 is 11.1 Å². The molecule has 0 spiro atoms. The van der Waals surface area contributed by atoms with Gasteiger partial charge in [-0.05, 0) is 50.5 Å². The van der Waals surface area contributed by atoms with Crippen LogP contribution in [0.5, 0.6) is 0 Å². The molecule has 0 saturated heterocycles. The molecular weight excluding hydrogens is 248 g/mol. The molecule has 3 N–H and O–H groups in total. The third-order valence-corrected chi connectivity index (χ3v) is 2.77. The van der Waals surface area contributed by atoms with Crippen LogP contribution < -0.4 is 11.1 Å². The van der Waals surface area contributed by atoms with E-state index in [-0.39, 0.29) is 18.3 Å². The van der Waals surface area contributed by atoms with Crippen molar-refractivity contribution in [2.45, 2.75) is 46.1 Å². The lowest BCUT2D eigenvalue weighted by Gasteiger charge is -2.23. The highest BCUT2D eigenvalue weighted by molar-refractivity contribution is 5.97. The summed E-state index contributed by atoms with van der Waals surface area (Å²) in [5.41, 5.74) is 8.27. The van der Waals surface area contributed by atoms with E-state index in [1.165, 1.54) is 0 Å². The van der Waals surface area contributed by atoms with Gasteiger partial charge in [-0.3, -0.25) is 4.79 Å². The van der Waals surface area contributed by atoms with E-state index in [1.807, 2.05) is 32.9 Å². The normalized spacial score (nSPS) is 13.4. The smallest absolute Gasteiger partial charge is 0.244 e. The van der Waals surface area contributed by atoms with Gasteiger partial charge in [0, 0.05) is 5.69 Å². The Morgan fingerprint density at radius 2 is 1.78 bits per heavy atom. The number of nitrogens with one attached hydrogen (secondary N) is 1. The highest BCUT2D eigenvalue weighted by atomic mass is 35.5. The topological polar surface area (TPSA) is 55.1 Å². The van der Waals surface area contributed by atoms with Gasteiger partial charge in [0.15, 0.2) is 0 Å². The molecule has 1 atom stereocenters. The van der Waals surface area contributed by atoms with Crippen LogP contribution in [0.1, 0.15) is 37.8 Å². The van der Waals surface area contributed by atoms with E-state index in [0.717, 1.165) is 23.2 Å². The molecule has 3 nitrogen and oxygen atoms in total. The summed E-state index contributed by atoms with van der Waals surface area (Å²) in [6.45, 7) is 7.82. The lowest BCUT2D eigenvalue weighted by atomic mass is 9.96. The zero-order valence-electron chi connectivity index (χ0n) is 11.5. The van der Waals surface area contributed by atoms with Crippen molar-refractivity contribution in [3.05, 3.63) is 29.3 Å². The minimum absolute atomic E-state index is 0. The van der Waals surface area contributed by atoms with Crippen LogP contribution in [-0.4, -0.2) is 11.4 Å². The van der Waals surface area contributed by atoms with E-state index in [0.29, 0.717) is 6.42 Å². The first-order chi connectivity index (χ1) is 7.85. The first-order valence-electron chi connectivity index (χ1n) is 6.04. The van der Waals surface area contributed by atoms with Crippen LogP contribution in [0.3, 0.4) is 0 Å². The molecular formula is C14H23ClN2O. The maximum absolute atomic E-state index is 12.0. The van der Waals surface area contributed by atoms with Gasteiger partial charge in [-0.25, -0.2) is 0 Å². The minimum atomic E-state index is -0.799. The van der Waals surface area contributed by atoms with E-state index in [2.05, 4.69) is 11.4 Å². The quantitative estimate of drug-likeness (QED) is 0.883. The molecule has 1 rings (SSSR count). The Morgan fingerprint density at radius 3 is 2.22 bits per heavy atom. The highest BCUT2D eigenvalue weighted by Crippen LogP contribution is 2.17. The second-order valence-electron chi connectivity index (χ2n) is 5.00. The number of rotatable bonds is 4. The van der Waals surface area contributed by atoms with Crippen molar-refractivity contribution < 1.29 is 4.79 Å². The molecule has 0 aliphatic carbocycles. The minimum Gasteiger partial charge on any atom is -0.324 e. The summed E-state index contributed by atoms with van der Waals surface area (Å²) in [7, 11) is 0. The van der Waals surface area contributed by atoms with Crippen LogP contribution in [0.25, 0.3) is 0 Å². The maximum Gasteiger partial charge on any atom is 0.244 e. The van der Waals surface area contributed by atoms with Gasteiger partial charge in [0.05, 0.1) is 5.54 Å². The summed E-state index contributed by atoms with van der Waals surface area (Å²) >= 11 is 0. The van der Waals surface area contributed by atoms with Gasteiger partial charge in [0.1, 0.15) is 0 Å². The molecule has 18 heavy (non-hydrogen) atoms. The van der Waals surface area contributed by atoms with Crippen molar-refractivity contribution in [1.29, 1.82) is 0 Å². The number of aryl methyl sites for hydroxylation is 2. The van der Waals surface area contributed by atoms with E-state index in [1.54, 1.807) is 6.92 Å². The summed E-state index contributed by atoms with van der Waals surface area (Å²) in [5, 5.41) is 2.88. The second-order valence-corrected chi connectivity index (χ2v) is 5.00.